The van der Waals surface area contributed by atoms with Gasteiger partial charge in [0.25, 0.3) is 0 Å². The van der Waals surface area contributed by atoms with E-state index in [-0.39, 0.29) is 23.3 Å². The quantitative estimate of drug-likeness (QED) is 0.597. The van der Waals surface area contributed by atoms with Gasteiger partial charge in [-0.25, -0.2) is 8.78 Å². The van der Waals surface area contributed by atoms with Crippen molar-refractivity contribution in [3.05, 3.63) is 59.3 Å². The molecule has 1 unspecified atom stereocenters. The van der Waals surface area contributed by atoms with E-state index in [1.165, 1.54) is 18.2 Å². The van der Waals surface area contributed by atoms with Gasteiger partial charge in [-0.1, -0.05) is 32.1 Å². The second-order valence-electron chi connectivity index (χ2n) is 6.87. The van der Waals surface area contributed by atoms with Crippen LogP contribution in [0.5, 0.6) is 0 Å². The van der Waals surface area contributed by atoms with Crippen LogP contribution in [0.2, 0.25) is 0 Å². The van der Waals surface area contributed by atoms with E-state index < -0.39 is 11.9 Å². The van der Waals surface area contributed by atoms with Gasteiger partial charge in [0, 0.05) is 11.5 Å². The van der Waals surface area contributed by atoms with E-state index in [0.29, 0.717) is 16.6 Å². The van der Waals surface area contributed by atoms with Crippen molar-refractivity contribution in [2.75, 3.05) is 12.4 Å². The SMILES string of the molecule is CNC(C(=O)Nc1cc2c(/C=C/c3ccc(F)cc3)n[nH]c2cc1F)C(C)C. The predicted octanol–water partition coefficient (Wildman–Crippen LogP) is 4.19. The van der Waals surface area contributed by atoms with Gasteiger partial charge in [0.15, 0.2) is 0 Å². The van der Waals surface area contributed by atoms with Gasteiger partial charge >= 0.3 is 0 Å². The van der Waals surface area contributed by atoms with Crippen LogP contribution in [0.3, 0.4) is 0 Å². The number of benzene rings is 2. The molecular weight excluding hydrogens is 362 g/mol. The number of nitrogens with one attached hydrogen (secondary N) is 3. The summed E-state index contributed by atoms with van der Waals surface area (Å²) in [5, 5.41) is 13.2. The van der Waals surface area contributed by atoms with Crippen LogP contribution in [0.15, 0.2) is 36.4 Å². The summed E-state index contributed by atoms with van der Waals surface area (Å²) in [6.07, 6.45) is 3.53. The number of aromatic amines is 1. The lowest BCUT2D eigenvalue weighted by atomic mass is 10.0. The van der Waals surface area contributed by atoms with Crippen LogP contribution in [0, 0.1) is 17.6 Å². The fourth-order valence-corrected chi connectivity index (χ4v) is 3.01. The fourth-order valence-electron chi connectivity index (χ4n) is 3.01. The Labute approximate surface area is 161 Å². The summed E-state index contributed by atoms with van der Waals surface area (Å²) in [4.78, 5) is 12.4. The third-order valence-electron chi connectivity index (χ3n) is 4.50. The summed E-state index contributed by atoms with van der Waals surface area (Å²) in [5.74, 6) is -1.10. The number of rotatable bonds is 6. The van der Waals surface area contributed by atoms with E-state index in [2.05, 4.69) is 20.8 Å². The smallest absolute Gasteiger partial charge is 0.241 e. The molecule has 1 amide bonds. The molecule has 0 aliphatic carbocycles. The summed E-state index contributed by atoms with van der Waals surface area (Å²) in [5.41, 5.74) is 2.00. The van der Waals surface area contributed by atoms with Crippen molar-refractivity contribution in [1.29, 1.82) is 0 Å². The number of aromatic nitrogens is 2. The number of carbonyl (C=O) groups excluding carboxylic acids is 1. The number of hydrogen-bond acceptors (Lipinski definition) is 3. The molecule has 0 radical (unpaired) electrons. The van der Waals surface area contributed by atoms with Gasteiger partial charge in [0.1, 0.15) is 11.6 Å². The average Bonchev–Trinajstić information content (AvgIpc) is 3.03. The van der Waals surface area contributed by atoms with Crippen LogP contribution in [0.1, 0.15) is 25.1 Å². The molecule has 0 spiro atoms. The van der Waals surface area contributed by atoms with Crippen LogP contribution in [-0.2, 0) is 4.79 Å². The maximum Gasteiger partial charge on any atom is 0.241 e. The van der Waals surface area contributed by atoms with Crippen molar-refractivity contribution in [3.63, 3.8) is 0 Å². The molecule has 0 bridgehead atoms. The van der Waals surface area contributed by atoms with Crippen molar-refractivity contribution in [2.45, 2.75) is 19.9 Å². The lowest BCUT2D eigenvalue weighted by molar-refractivity contribution is -0.119. The molecule has 0 saturated heterocycles. The van der Waals surface area contributed by atoms with Gasteiger partial charge < -0.3 is 10.6 Å². The van der Waals surface area contributed by atoms with Crippen LogP contribution < -0.4 is 10.6 Å². The summed E-state index contributed by atoms with van der Waals surface area (Å²) in [6.45, 7) is 3.82. The number of amides is 1. The van der Waals surface area contributed by atoms with Crippen molar-refractivity contribution >= 4 is 34.6 Å². The Kier molecular flexibility index (Phi) is 5.84. The Bertz CT molecular complexity index is 1010. The first-order valence-electron chi connectivity index (χ1n) is 8.98. The topological polar surface area (TPSA) is 69.8 Å². The highest BCUT2D eigenvalue weighted by Crippen LogP contribution is 2.25. The molecule has 5 nitrogen and oxygen atoms in total. The summed E-state index contributed by atoms with van der Waals surface area (Å²) in [7, 11) is 1.69. The summed E-state index contributed by atoms with van der Waals surface area (Å²) in [6, 6.07) is 8.47. The molecule has 1 aromatic heterocycles. The highest BCUT2D eigenvalue weighted by Gasteiger charge is 2.21. The number of carbonyl (C=O) groups is 1. The van der Waals surface area contributed by atoms with Crippen molar-refractivity contribution in [2.24, 2.45) is 5.92 Å². The number of H-pyrrole nitrogens is 1. The van der Waals surface area contributed by atoms with Gasteiger partial charge in [-0.3, -0.25) is 9.89 Å². The first-order valence-corrected chi connectivity index (χ1v) is 8.98. The molecule has 0 fully saturated rings. The molecule has 0 aliphatic rings. The second kappa shape index (κ2) is 8.31. The van der Waals surface area contributed by atoms with E-state index in [0.717, 1.165) is 5.56 Å². The van der Waals surface area contributed by atoms with Gasteiger partial charge in [-0.15, -0.1) is 0 Å². The van der Waals surface area contributed by atoms with Crippen molar-refractivity contribution in [3.8, 4) is 0 Å². The summed E-state index contributed by atoms with van der Waals surface area (Å²) >= 11 is 0. The highest BCUT2D eigenvalue weighted by atomic mass is 19.1. The second-order valence-corrected chi connectivity index (χ2v) is 6.87. The lowest BCUT2D eigenvalue weighted by Gasteiger charge is -2.19. The Hall–Kier alpha value is -3.06. The number of fused-ring (bicyclic) bond motifs is 1. The fraction of sp³-hybridized carbons (Fsp3) is 0.238. The predicted molar refractivity (Wildman–Crippen MR) is 108 cm³/mol. The number of hydrogen-bond donors (Lipinski definition) is 3. The standard InChI is InChI=1S/C21H22F2N4O/c1-12(2)20(24-3)21(28)25-19-10-15-17(26-27-18(15)11-16(19)23)9-6-13-4-7-14(22)8-5-13/h4-12,20,24H,1-3H3,(H,25,28)(H,26,27)/b9-6+. The molecule has 0 saturated carbocycles. The Balaban J connectivity index is 1.89. The minimum Gasteiger partial charge on any atom is -0.322 e. The average molecular weight is 384 g/mol. The minimum absolute atomic E-state index is 0.0555. The monoisotopic (exact) mass is 384 g/mol. The maximum atomic E-state index is 14.4. The van der Waals surface area contributed by atoms with Crippen LogP contribution in [-0.4, -0.2) is 29.2 Å². The maximum absolute atomic E-state index is 14.4. The largest absolute Gasteiger partial charge is 0.322 e. The van der Waals surface area contributed by atoms with Gasteiger partial charge in [-0.05, 0) is 42.8 Å². The number of anilines is 1. The van der Waals surface area contributed by atoms with Gasteiger partial charge in [0.2, 0.25) is 5.91 Å². The minimum atomic E-state index is -0.544. The number of nitrogens with zero attached hydrogens (tertiary/aromatic N) is 1. The van der Waals surface area contributed by atoms with E-state index in [9.17, 15) is 13.6 Å². The molecule has 28 heavy (non-hydrogen) atoms. The molecule has 3 N–H and O–H groups in total. The molecule has 0 aliphatic heterocycles. The molecule has 7 heteroatoms. The van der Waals surface area contributed by atoms with E-state index in [1.807, 2.05) is 13.8 Å². The zero-order valence-electron chi connectivity index (χ0n) is 15.9. The zero-order valence-corrected chi connectivity index (χ0v) is 15.9. The Morgan fingerprint density at radius 2 is 1.86 bits per heavy atom. The molecule has 2 aromatic carbocycles. The Morgan fingerprint density at radius 3 is 2.50 bits per heavy atom. The molecule has 3 rings (SSSR count). The van der Waals surface area contributed by atoms with Crippen LogP contribution in [0.4, 0.5) is 14.5 Å². The zero-order chi connectivity index (χ0) is 20.3. The van der Waals surface area contributed by atoms with E-state index in [1.54, 1.807) is 37.4 Å². The lowest BCUT2D eigenvalue weighted by Crippen LogP contribution is -2.42. The van der Waals surface area contributed by atoms with Crippen LogP contribution in [0.25, 0.3) is 23.1 Å². The van der Waals surface area contributed by atoms with Gasteiger partial charge in [0.05, 0.1) is 22.9 Å². The third-order valence-corrected chi connectivity index (χ3v) is 4.50. The highest BCUT2D eigenvalue weighted by molar-refractivity contribution is 5.98. The molecular formula is C21H22F2N4O. The van der Waals surface area contributed by atoms with Crippen molar-refractivity contribution < 1.29 is 13.6 Å². The van der Waals surface area contributed by atoms with Crippen molar-refractivity contribution in [1.82, 2.24) is 15.5 Å². The van der Waals surface area contributed by atoms with E-state index >= 15 is 0 Å². The third kappa shape index (κ3) is 4.26. The van der Waals surface area contributed by atoms with Gasteiger partial charge in [-0.2, -0.15) is 5.10 Å². The normalized spacial score (nSPS) is 12.8. The Morgan fingerprint density at radius 1 is 1.14 bits per heavy atom. The van der Waals surface area contributed by atoms with E-state index in [4.69, 9.17) is 0 Å². The molecule has 1 atom stereocenters. The number of halogens is 2. The first-order chi connectivity index (χ1) is 13.4. The first kappa shape index (κ1) is 19.7. The van der Waals surface area contributed by atoms with Crippen LogP contribution >= 0.6 is 0 Å². The summed E-state index contributed by atoms with van der Waals surface area (Å²) < 4.78 is 27.4. The molecule has 146 valence electrons. The molecule has 1 heterocycles. The molecule has 3 aromatic rings. The number of likely N-dealkylation sites (N-methyl/N-ethyl adjacent to an activating group) is 1.